The number of hydrogen-bond acceptors (Lipinski definition) is 3. The molecule has 0 aliphatic rings. The molecule has 0 unspecified atom stereocenters. The minimum atomic E-state index is -0.185. The monoisotopic (exact) mass is 323 g/mol. The molecule has 2 N–H and O–H groups in total. The van der Waals surface area contributed by atoms with Crippen molar-refractivity contribution < 1.29 is 4.79 Å². The Morgan fingerprint density at radius 3 is 2.88 bits per heavy atom. The fourth-order valence-corrected chi connectivity index (χ4v) is 2.61. The van der Waals surface area contributed by atoms with Crippen LogP contribution in [0, 0.1) is 13.8 Å². The predicted octanol–water partition coefficient (Wildman–Crippen LogP) is 2.39. The van der Waals surface area contributed by atoms with Gasteiger partial charge in [0.05, 0.1) is 12.2 Å². The molecule has 24 heavy (non-hydrogen) atoms. The van der Waals surface area contributed by atoms with Gasteiger partial charge in [0.1, 0.15) is 5.65 Å². The van der Waals surface area contributed by atoms with E-state index in [1.165, 1.54) is 5.56 Å². The standard InChI is InChI=1S/C18H21N5O/c1-13-10-19-8-6-15(13)7-9-20-18(24)21-11-16-12-23-14(2)4-3-5-17(23)22-16/h3-6,8,10,12H,7,9,11H2,1-2H3,(H2,20,21,24). The maximum atomic E-state index is 11.9. The molecule has 0 spiro atoms. The molecule has 0 saturated carbocycles. The average Bonchev–Trinajstić information content (AvgIpc) is 2.99. The summed E-state index contributed by atoms with van der Waals surface area (Å²) in [6.45, 7) is 5.04. The lowest BCUT2D eigenvalue weighted by Gasteiger charge is -2.08. The van der Waals surface area contributed by atoms with Gasteiger partial charge in [0.25, 0.3) is 0 Å². The number of urea groups is 1. The van der Waals surface area contributed by atoms with E-state index in [1.54, 1.807) is 6.20 Å². The van der Waals surface area contributed by atoms with Crippen molar-refractivity contribution >= 4 is 11.7 Å². The summed E-state index contributed by atoms with van der Waals surface area (Å²) in [5, 5.41) is 5.71. The number of imidazole rings is 1. The largest absolute Gasteiger partial charge is 0.338 e. The summed E-state index contributed by atoms with van der Waals surface area (Å²) in [7, 11) is 0. The molecule has 6 heteroatoms. The van der Waals surface area contributed by atoms with Crippen molar-refractivity contribution in [2.75, 3.05) is 6.54 Å². The average molecular weight is 323 g/mol. The Balaban J connectivity index is 1.48. The van der Waals surface area contributed by atoms with Crippen molar-refractivity contribution in [3.63, 3.8) is 0 Å². The Bertz CT molecular complexity index is 855. The predicted molar refractivity (Wildman–Crippen MR) is 92.8 cm³/mol. The van der Waals surface area contributed by atoms with Gasteiger partial charge in [-0.3, -0.25) is 4.98 Å². The van der Waals surface area contributed by atoms with Gasteiger partial charge in [-0.25, -0.2) is 9.78 Å². The van der Waals surface area contributed by atoms with E-state index in [9.17, 15) is 4.79 Å². The van der Waals surface area contributed by atoms with Crippen molar-refractivity contribution in [2.45, 2.75) is 26.8 Å². The zero-order chi connectivity index (χ0) is 16.9. The molecule has 0 atom stereocenters. The highest BCUT2D eigenvalue weighted by atomic mass is 16.2. The molecule has 0 aliphatic heterocycles. The maximum absolute atomic E-state index is 11.9. The first-order valence-corrected chi connectivity index (χ1v) is 7.98. The molecule has 3 aromatic heterocycles. The summed E-state index contributed by atoms with van der Waals surface area (Å²) in [6.07, 6.45) is 6.34. The molecule has 3 aromatic rings. The van der Waals surface area contributed by atoms with Gasteiger partial charge in [-0.2, -0.15) is 0 Å². The third-order valence-corrected chi connectivity index (χ3v) is 3.99. The van der Waals surface area contributed by atoms with Crippen LogP contribution in [-0.4, -0.2) is 26.9 Å². The molecule has 6 nitrogen and oxygen atoms in total. The third kappa shape index (κ3) is 3.71. The van der Waals surface area contributed by atoms with E-state index in [0.717, 1.165) is 29.0 Å². The summed E-state index contributed by atoms with van der Waals surface area (Å²) in [5.74, 6) is 0. The molecular weight excluding hydrogens is 302 g/mol. The van der Waals surface area contributed by atoms with Crippen LogP contribution in [0.3, 0.4) is 0 Å². The molecule has 0 aromatic carbocycles. The summed E-state index contributed by atoms with van der Waals surface area (Å²) in [6, 6.07) is 7.75. The van der Waals surface area contributed by atoms with Gasteiger partial charge in [0, 0.05) is 30.8 Å². The Hall–Kier alpha value is -2.89. The number of carbonyl (C=O) groups is 1. The van der Waals surface area contributed by atoms with Crippen molar-refractivity contribution in [2.24, 2.45) is 0 Å². The van der Waals surface area contributed by atoms with E-state index < -0.39 is 0 Å². The highest BCUT2D eigenvalue weighted by Gasteiger charge is 2.05. The Labute approximate surface area is 140 Å². The van der Waals surface area contributed by atoms with E-state index >= 15 is 0 Å². The zero-order valence-electron chi connectivity index (χ0n) is 13.9. The number of carbonyl (C=O) groups excluding carboxylic acids is 1. The minimum absolute atomic E-state index is 0.185. The number of rotatable bonds is 5. The van der Waals surface area contributed by atoms with Crippen LogP contribution in [0.4, 0.5) is 4.79 Å². The summed E-state index contributed by atoms with van der Waals surface area (Å²) in [4.78, 5) is 20.5. The molecule has 0 radical (unpaired) electrons. The third-order valence-electron chi connectivity index (χ3n) is 3.99. The van der Waals surface area contributed by atoms with Crippen molar-refractivity contribution in [3.8, 4) is 0 Å². The van der Waals surface area contributed by atoms with E-state index in [4.69, 9.17) is 0 Å². The molecule has 0 aliphatic carbocycles. The normalized spacial score (nSPS) is 10.8. The molecule has 3 rings (SSSR count). The number of pyridine rings is 2. The molecular formula is C18H21N5O. The summed E-state index contributed by atoms with van der Waals surface area (Å²) < 4.78 is 2.02. The number of aromatic nitrogens is 3. The Kier molecular flexibility index (Phi) is 4.74. The number of aryl methyl sites for hydroxylation is 2. The first-order chi connectivity index (χ1) is 11.6. The fraction of sp³-hybridized carbons (Fsp3) is 0.278. The lowest BCUT2D eigenvalue weighted by Crippen LogP contribution is -2.36. The molecule has 0 bridgehead atoms. The van der Waals surface area contributed by atoms with Crippen molar-refractivity contribution in [1.29, 1.82) is 0 Å². The SMILES string of the molecule is Cc1cnccc1CCNC(=O)NCc1cn2c(C)cccc2n1. The highest BCUT2D eigenvalue weighted by Crippen LogP contribution is 2.08. The quantitative estimate of drug-likeness (QED) is 0.757. The van der Waals surface area contributed by atoms with Gasteiger partial charge in [0.15, 0.2) is 0 Å². The lowest BCUT2D eigenvalue weighted by molar-refractivity contribution is 0.240. The number of nitrogens with one attached hydrogen (secondary N) is 2. The minimum Gasteiger partial charge on any atom is -0.338 e. The number of nitrogens with zero attached hydrogens (tertiary/aromatic N) is 3. The van der Waals surface area contributed by atoms with Gasteiger partial charge >= 0.3 is 6.03 Å². The van der Waals surface area contributed by atoms with E-state index in [0.29, 0.717) is 13.1 Å². The van der Waals surface area contributed by atoms with Crippen LogP contribution in [-0.2, 0) is 13.0 Å². The molecule has 2 amide bonds. The second kappa shape index (κ2) is 7.12. The van der Waals surface area contributed by atoms with Gasteiger partial charge in [-0.05, 0) is 49.6 Å². The van der Waals surface area contributed by atoms with Gasteiger partial charge in [-0.1, -0.05) is 6.07 Å². The second-order valence-corrected chi connectivity index (χ2v) is 5.79. The Morgan fingerprint density at radius 2 is 2.08 bits per heavy atom. The van der Waals surface area contributed by atoms with Crippen molar-refractivity contribution in [3.05, 3.63) is 65.4 Å². The maximum Gasteiger partial charge on any atom is 0.315 e. The second-order valence-electron chi connectivity index (χ2n) is 5.79. The topological polar surface area (TPSA) is 71.3 Å². The van der Waals surface area contributed by atoms with Gasteiger partial charge in [-0.15, -0.1) is 0 Å². The zero-order valence-corrected chi connectivity index (χ0v) is 13.9. The van der Waals surface area contributed by atoms with Crippen molar-refractivity contribution in [1.82, 2.24) is 25.0 Å². The number of hydrogen-bond donors (Lipinski definition) is 2. The molecule has 3 heterocycles. The van der Waals surface area contributed by atoms with Gasteiger partial charge < -0.3 is 15.0 Å². The van der Waals surface area contributed by atoms with Crippen LogP contribution in [0.15, 0.2) is 42.9 Å². The van der Waals surface area contributed by atoms with Crippen LogP contribution >= 0.6 is 0 Å². The van der Waals surface area contributed by atoms with Crippen LogP contribution in [0.25, 0.3) is 5.65 Å². The first-order valence-electron chi connectivity index (χ1n) is 7.98. The fourth-order valence-electron chi connectivity index (χ4n) is 2.61. The number of amides is 2. The van der Waals surface area contributed by atoms with Crippen LogP contribution in [0.2, 0.25) is 0 Å². The Morgan fingerprint density at radius 1 is 1.21 bits per heavy atom. The molecule has 0 saturated heterocycles. The molecule has 0 fully saturated rings. The van der Waals surface area contributed by atoms with Gasteiger partial charge in [0.2, 0.25) is 0 Å². The summed E-state index contributed by atoms with van der Waals surface area (Å²) >= 11 is 0. The number of fused-ring (bicyclic) bond motifs is 1. The molecule has 124 valence electrons. The van der Waals surface area contributed by atoms with Crippen LogP contribution in [0.1, 0.15) is 22.5 Å². The first kappa shape index (κ1) is 16.0. The highest BCUT2D eigenvalue weighted by molar-refractivity contribution is 5.73. The van der Waals surface area contributed by atoms with E-state index in [-0.39, 0.29) is 6.03 Å². The van der Waals surface area contributed by atoms with E-state index in [1.807, 2.05) is 54.9 Å². The van der Waals surface area contributed by atoms with E-state index in [2.05, 4.69) is 20.6 Å². The summed E-state index contributed by atoms with van der Waals surface area (Å²) in [5.41, 5.74) is 5.18. The lowest BCUT2D eigenvalue weighted by atomic mass is 10.1. The van der Waals surface area contributed by atoms with Crippen LogP contribution in [0.5, 0.6) is 0 Å². The smallest absolute Gasteiger partial charge is 0.315 e. The van der Waals surface area contributed by atoms with Crippen LogP contribution < -0.4 is 10.6 Å².